The lowest BCUT2D eigenvalue weighted by atomic mass is 10.1. The van der Waals surface area contributed by atoms with Crippen LogP contribution in [0.2, 0.25) is 0 Å². The van der Waals surface area contributed by atoms with E-state index in [2.05, 4.69) is 10.6 Å². The number of rotatable bonds is 2. The fourth-order valence-electron chi connectivity index (χ4n) is 4.11. The molecule has 5 aliphatic heterocycles. The van der Waals surface area contributed by atoms with E-state index in [1.807, 2.05) is 18.2 Å². The van der Waals surface area contributed by atoms with E-state index in [1.165, 1.54) is 12.0 Å². The molecule has 0 aromatic heterocycles. The van der Waals surface area contributed by atoms with E-state index >= 15 is 0 Å². The summed E-state index contributed by atoms with van der Waals surface area (Å²) in [5.41, 5.74) is 1.74. The van der Waals surface area contributed by atoms with Gasteiger partial charge in [0.15, 0.2) is 18.1 Å². The Balaban J connectivity index is 1.56. The van der Waals surface area contributed by atoms with Crippen molar-refractivity contribution in [1.82, 2.24) is 15.5 Å². The summed E-state index contributed by atoms with van der Waals surface area (Å²) >= 11 is 0. The van der Waals surface area contributed by atoms with Crippen LogP contribution < -0.4 is 24.8 Å². The molecule has 3 amide bonds. The van der Waals surface area contributed by atoms with E-state index in [1.54, 1.807) is 24.3 Å². The summed E-state index contributed by atoms with van der Waals surface area (Å²) in [5.74, 6) is 0.623. The van der Waals surface area contributed by atoms with Crippen LogP contribution in [0.5, 0.6) is 17.2 Å². The van der Waals surface area contributed by atoms with Gasteiger partial charge in [-0.15, -0.1) is 0 Å². The normalized spacial score (nSPS) is 20.8. The van der Waals surface area contributed by atoms with Crippen LogP contribution in [0.4, 0.5) is 0 Å². The smallest absolute Gasteiger partial charge is 0.258 e. The second-order valence-corrected chi connectivity index (χ2v) is 8.48. The van der Waals surface area contributed by atoms with Crippen LogP contribution in [0.15, 0.2) is 42.5 Å². The zero-order chi connectivity index (χ0) is 24.8. The first-order chi connectivity index (χ1) is 16.9. The number of aryl methyl sites for hydroxylation is 1. The first kappa shape index (κ1) is 24.3. The van der Waals surface area contributed by atoms with E-state index < -0.39 is 24.7 Å². The van der Waals surface area contributed by atoms with Gasteiger partial charge >= 0.3 is 0 Å². The van der Waals surface area contributed by atoms with Gasteiger partial charge < -0.3 is 34.9 Å². The van der Waals surface area contributed by atoms with Crippen LogP contribution in [-0.4, -0.2) is 73.3 Å². The molecule has 0 saturated carbocycles. The third-order valence-electron chi connectivity index (χ3n) is 6.03. The number of ether oxygens (including phenoxy) is 3. The van der Waals surface area contributed by atoms with Gasteiger partial charge in [-0.1, -0.05) is 18.2 Å². The number of likely N-dealkylation sites (tertiary alicyclic amines) is 1. The highest BCUT2D eigenvalue weighted by atomic mass is 16.5. The highest BCUT2D eigenvalue weighted by molar-refractivity contribution is 5.79. The fraction of sp³-hybridized carbons (Fsp3) is 0.400. The first-order valence-electron chi connectivity index (χ1n) is 11.4. The molecular weight excluding hydrogens is 454 g/mol. The van der Waals surface area contributed by atoms with Crippen LogP contribution in [0, 0.1) is 0 Å². The van der Waals surface area contributed by atoms with Gasteiger partial charge in [0.25, 0.3) is 5.91 Å². The van der Waals surface area contributed by atoms with Crippen LogP contribution in [0.3, 0.4) is 0 Å². The molecule has 10 nitrogen and oxygen atoms in total. The van der Waals surface area contributed by atoms with Gasteiger partial charge in [-0.3, -0.25) is 14.4 Å². The lowest BCUT2D eigenvalue weighted by Gasteiger charge is -2.21. The summed E-state index contributed by atoms with van der Waals surface area (Å²) in [4.78, 5) is 38.6. The van der Waals surface area contributed by atoms with E-state index in [9.17, 15) is 19.5 Å². The average molecular weight is 484 g/mol. The number of carbonyl (C=O) groups is 3. The van der Waals surface area contributed by atoms with Gasteiger partial charge in [-0.25, -0.2) is 0 Å². The zero-order valence-electron chi connectivity index (χ0n) is 19.5. The number of aliphatic hydroxyl groups is 1. The van der Waals surface area contributed by atoms with Crippen molar-refractivity contribution in [2.45, 2.75) is 31.5 Å². The molecule has 3 N–H and O–H groups in total. The Bertz CT molecular complexity index is 1070. The summed E-state index contributed by atoms with van der Waals surface area (Å²) in [6, 6.07) is 12.1. The number of aliphatic hydroxyl groups excluding tert-OH is 1. The van der Waals surface area contributed by atoms with Gasteiger partial charge in [0, 0.05) is 19.5 Å². The van der Waals surface area contributed by atoms with Crippen molar-refractivity contribution in [2.24, 2.45) is 0 Å². The van der Waals surface area contributed by atoms with Crippen molar-refractivity contribution in [3.63, 3.8) is 0 Å². The second-order valence-electron chi connectivity index (χ2n) is 8.48. The van der Waals surface area contributed by atoms with Crippen molar-refractivity contribution in [1.29, 1.82) is 0 Å². The monoisotopic (exact) mass is 483 g/mol. The summed E-state index contributed by atoms with van der Waals surface area (Å²) in [6.07, 6.45) is 0.210. The number of methoxy groups -OCH3 is 1. The average Bonchev–Trinajstić information content (AvgIpc) is 3.26. The van der Waals surface area contributed by atoms with Crippen LogP contribution in [0.1, 0.15) is 17.5 Å². The van der Waals surface area contributed by atoms with E-state index in [-0.39, 0.29) is 37.9 Å². The van der Waals surface area contributed by atoms with Crippen molar-refractivity contribution in [2.75, 3.05) is 33.4 Å². The fourth-order valence-corrected chi connectivity index (χ4v) is 4.11. The van der Waals surface area contributed by atoms with Gasteiger partial charge in [0.05, 0.1) is 19.7 Å². The molecule has 4 bridgehead atoms. The molecule has 2 aromatic carbocycles. The molecule has 5 heterocycles. The summed E-state index contributed by atoms with van der Waals surface area (Å²) in [6.45, 7) is 0.0564. The zero-order valence-corrected chi connectivity index (χ0v) is 19.5. The maximum Gasteiger partial charge on any atom is 0.258 e. The van der Waals surface area contributed by atoms with Crippen molar-refractivity contribution < 1.29 is 33.7 Å². The minimum atomic E-state index is -0.602. The Morgan fingerprint density at radius 1 is 1.09 bits per heavy atom. The largest absolute Gasteiger partial charge is 0.493 e. The van der Waals surface area contributed by atoms with E-state index in [0.29, 0.717) is 30.2 Å². The van der Waals surface area contributed by atoms with Crippen molar-refractivity contribution in [3.8, 4) is 17.2 Å². The molecule has 0 unspecified atom stereocenters. The maximum absolute atomic E-state index is 12.7. The van der Waals surface area contributed by atoms with Crippen molar-refractivity contribution >= 4 is 17.7 Å². The second kappa shape index (κ2) is 11.1. The molecule has 1 fully saturated rings. The van der Waals surface area contributed by atoms with Gasteiger partial charge in [0.2, 0.25) is 11.8 Å². The first-order valence-corrected chi connectivity index (χ1v) is 11.4. The minimum Gasteiger partial charge on any atom is -0.493 e. The number of nitrogens with zero attached hydrogens (tertiary/aromatic N) is 1. The Morgan fingerprint density at radius 3 is 2.60 bits per heavy atom. The Morgan fingerprint density at radius 2 is 1.86 bits per heavy atom. The standard InChI is InChI=1S/C25H29N3O7/c1-33-21-10-16-4-8-20(21)34-15-24(31)26-11-17-2-6-18(7-3-17)35-22-13-28(25(32)14-29)12-19(22)27-23(30)9-5-16/h2-4,6-8,10,19,22,29H,5,9,11-15H2,1H3,(H,26,31)(H,27,30)/t19-,22-/m0/s1. The molecule has 2 atom stereocenters. The lowest BCUT2D eigenvalue weighted by Crippen LogP contribution is -2.45. The maximum atomic E-state index is 12.7. The quantitative estimate of drug-likeness (QED) is 0.565. The molecule has 186 valence electrons. The van der Waals surface area contributed by atoms with Crippen LogP contribution in [0.25, 0.3) is 0 Å². The van der Waals surface area contributed by atoms with Crippen LogP contribution in [-0.2, 0) is 27.3 Å². The molecule has 35 heavy (non-hydrogen) atoms. The third kappa shape index (κ3) is 6.21. The van der Waals surface area contributed by atoms with Crippen molar-refractivity contribution in [3.05, 3.63) is 53.6 Å². The molecule has 0 spiro atoms. The molecule has 0 radical (unpaired) electrons. The Labute approximate surface area is 203 Å². The highest BCUT2D eigenvalue weighted by Gasteiger charge is 2.37. The topological polar surface area (TPSA) is 126 Å². The molecule has 7 rings (SSSR count). The minimum absolute atomic E-state index is 0.161. The summed E-state index contributed by atoms with van der Waals surface area (Å²) in [7, 11) is 1.51. The third-order valence-corrected chi connectivity index (χ3v) is 6.03. The number of amides is 3. The molecule has 5 aliphatic rings. The molecule has 10 heteroatoms. The Kier molecular flexibility index (Phi) is 7.71. The molecule has 1 saturated heterocycles. The van der Waals surface area contributed by atoms with E-state index in [0.717, 1.165) is 11.1 Å². The van der Waals surface area contributed by atoms with E-state index in [4.69, 9.17) is 14.2 Å². The molecule has 0 aliphatic carbocycles. The number of nitrogens with one attached hydrogen (secondary N) is 2. The highest BCUT2D eigenvalue weighted by Crippen LogP contribution is 2.28. The Hall–Kier alpha value is -3.79. The lowest BCUT2D eigenvalue weighted by molar-refractivity contribution is -0.133. The molecular formula is C25H29N3O7. The van der Waals surface area contributed by atoms with Gasteiger partial charge in [0.1, 0.15) is 18.5 Å². The number of benzene rings is 2. The number of hydrogen-bond donors (Lipinski definition) is 3. The summed E-state index contributed by atoms with van der Waals surface area (Å²) in [5, 5.41) is 15.1. The molecule has 2 aromatic rings. The van der Waals surface area contributed by atoms with Gasteiger partial charge in [-0.2, -0.15) is 0 Å². The summed E-state index contributed by atoms with van der Waals surface area (Å²) < 4.78 is 17.1. The van der Waals surface area contributed by atoms with Gasteiger partial charge in [-0.05, 0) is 41.8 Å². The number of carbonyl (C=O) groups excluding carboxylic acids is 3. The van der Waals surface area contributed by atoms with Crippen LogP contribution >= 0.6 is 0 Å². The predicted molar refractivity (Wildman–Crippen MR) is 125 cm³/mol. The predicted octanol–water partition coefficient (Wildman–Crippen LogP) is 0.403. The SMILES string of the molecule is COc1cc2ccc1OCC(=O)NCc1ccc(cc1)O[C@H]1CN(C(=O)CO)C[C@@H]1NC(=O)CC2. The number of hydrogen-bond acceptors (Lipinski definition) is 7.